The number of hydrogen-bond acceptors (Lipinski definition) is 5. The van der Waals surface area contributed by atoms with Gasteiger partial charge < -0.3 is 19.3 Å². The van der Waals surface area contributed by atoms with Gasteiger partial charge in [0.15, 0.2) is 6.10 Å². The smallest absolute Gasteiger partial charge is 0.306 e. The molecule has 2 rings (SSSR count). The van der Waals surface area contributed by atoms with Gasteiger partial charge >= 0.3 is 5.97 Å². The van der Waals surface area contributed by atoms with Gasteiger partial charge in [-0.3, -0.25) is 4.79 Å². The predicted molar refractivity (Wildman–Crippen MR) is 110 cm³/mol. The summed E-state index contributed by atoms with van der Waals surface area (Å²) < 4.78 is 16.5. The Hall–Kier alpha value is -0.650. The molecule has 2 fully saturated rings. The van der Waals surface area contributed by atoms with E-state index in [1.54, 1.807) is 0 Å². The van der Waals surface area contributed by atoms with Crippen LogP contribution in [0.15, 0.2) is 0 Å². The topological polar surface area (TPSA) is 65.0 Å². The fraction of sp³-hybridized carbons (Fsp3) is 0.957. The molecule has 0 aliphatic carbocycles. The Kier molecular flexibility index (Phi) is 10.2. The van der Waals surface area contributed by atoms with E-state index >= 15 is 0 Å². The van der Waals surface area contributed by atoms with E-state index in [0.29, 0.717) is 18.9 Å². The highest BCUT2D eigenvalue weighted by Gasteiger charge is 2.48. The molecular weight excluding hydrogens is 356 g/mol. The van der Waals surface area contributed by atoms with Gasteiger partial charge in [-0.25, -0.2) is 0 Å². The van der Waals surface area contributed by atoms with E-state index in [1.165, 1.54) is 38.5 Å². The maximum atomic E-state index is 12.1. The molecule has 0 aromatic heterocycles. The summed E-state index contributed by atoms with van der Waals surface area (Å²) in [6, 6.07) is 0. The van der Waals surface area contributed by atoms with Crippen LogP contribution in [0.1, 0.15) is 85.5 Å². The molecule has 2 unspecified atom stereocenters. The maximum absolute atomic E-state index is 12.1. The number of esters is 1. The number of fused-ring (bicyclic) bond motifs is 1. The molecule has 2 saturated heterocycles. The fourth-order valence-corrected chi connectivity index (χ4v) is 4.35. The Morgan fingerprint density at radius 2 is 1.46 bits per heavy atom. The van der Waals surface area contributed by atoms with Crippen LogP contribution in [0.2, 0.25) is 0 Å². The zero-order valence-corrected chi connectivity index (χ0v) is 18.4. The van der Waals surface area contributed by atoms with E-state index in [-0.39, 0.29) is 30.9 Å². The van der Waals surface area contributed by atoms with Gasteiger partial charge in [-0.15, -0.1) is 0 Å². The molecule has 0 bridgehead atoms. The number of aliphatic hydroxyl groups excluding tert-OH is 1. The van der Waals surface area contributed by atoms with Crippen LogP contribution in [0.4, 0.5) is 0 Å². The van der Waals surface area contributed by atoms with E-state index in [4.69, 9.17) is 14.2 Å². The molecule has 1 N–H and O–H groups in total. The van der Waals surface area contributed by atoms with Gasteiger partial charge in [0.05, 0.1) is 13.2 Å². The predicted octanol–water partition coefficient (Wildman–Crippen LogP) is 4.50. The average Bonchev–Trinajstić information content (AvgIpc) is 3.18. The van der Waals surface area contributed by atoms with Crippen LogP contribution >= 0.6 is 0 Å². The van der Waals surface area contributed by atoms with Crippen LogP contribution in [-0.2, 0) is 19.0 Å². The first-order valence-corrected chi connectivity index (χ1v) is 11.5. The Morgan fingerprint density at radius 3 is 2.11 bits per heavy atom. The maximum Gasteiger partial charge on any atom is 0.306 e. The molecule has 0 saturated carbocycles. The van der Waals surface area contributed by atoms with E-state index in [0.717, 1.165) is 24.7 Å². The largest absolute Gasteiger partial charge is 0.457 e. The van der Waals surface area contributed by atoms with Crippen molar-refractivity contribution in [2.24, 2.45) is 17.8 Å². The van der Waals surface area contributed by atoms with Gasteiger partial charge in [-0.1, -0.05) is 72.6 Å². The molecule has 2 heterocycles. The number of rotatable bonds is 13. The number of carbonyl (C=O) groups excluding carboxylic acids is 1. The lowest BCUT2D eigenvalue weighted by Gasteiger charge is -2.17. The molecular formula is C23H42O5. The van der Waals surface area contributed by atoms with Gasteiger partial charge in [0, 0.05) is 6.42 Å². The highest BCUT2D eigenvalue weighted by atomic mass is 16.6. The fourth-order valence-electron chi connectivity index (χ4n) is 4.35. The minimum Gasteiger partial charge on any atom is -0.457 e. The first-order valence-electron chi connectivity index (χ1n) is 11.5. The SMILES string of the molecule is CC(C)CCCC(C)CCCC(C)CCCC(=O)O[C@H]1CO[C@H]2[C@@H]1OC[C@H]2O. The zero-order chi connectivity index (χ0) is 20.5. The Labute approximate surface area is 171 Å². The molecule has 0 aromatic carbocycles. The van der Waals surface area contributed by atoms with Crippen LogP contribution < -0.4 is 0 Å². The van der Waals surface area contributed by atoms with Gasteiger partial charge in [-0.05, 0) is 24.2 Å². The van der Waals surface area contributed by atoms with Gasteiger partial charge in [-0.2, -0.15) is 0 Å². The number of aliphatic hydroxyl groups is 1. The summed E-state index contributed by atoms with van der Waals surface area (Å²) in [5, 5.41) is 9.73. The highest BCUT2D eigenvalue weighted by molar-refractivity contribution is 5.69. The number of hydrogen-bond donors (Lipinski definition) is 1. The van der Waals surface area contributed by atoms with E-state index in [1.807, 2.05) is 0 Å². The summed E-state index contributed by atoms with van der Waals surface area (Å²) in [6.07, 6.45) is 8.67. The summed E-state index contributed by atoms with van der Waals surface area (Å²) in [5.74, 6) is 2.13. The molecule has 0 radical (unpaired) electrons. The van der Waals surface area contributed by atoms with Crippen LogP contribution in [-0.4, -0.2) is 48.7 Å². The Morgan fingerprint density at radius 1 is 0.893 bits per heavy atom. The molecule has 0 aromatic rings. The minimum atomic E-state index is -0.604. The molecule has 5 heteroatoms. The van der Waals surface area contributed by atoms with Crippen LogP contribution in [0, 0.1) is 17.8 Å². The summed E-state index contributed by atoms with van der Waals surface area (Å²) in [5.41, 5.74) is 0. The van der Waals surface area contributed by atoms with E-state index in [2.05, 4.69) is 27.7 Å². The summed E-state index contributed by atoms with van der Waals surface area (Å²) >= 11 is 0. The van der Waals surface area contributed by atoms with Crippen molar-refractivity contribution in [2.45, 2.75) is 110 Å². The second kappa shape index (κ2) is 12.1. The average molecular weight is 399 g/mol. The van der Waals surface area contributed by atoms with Crippen molar-refractivity contribution in [1.82, 2.24) is 0 Å². The molecule has 5 nitrogen and oxygen atoms in total. The quantitative estimate of drug-likeness (QED) is 0.463. The van der Waals surface area contributed by atoms with Gasteiger partial charge in [0.2, 0.25) is 0 Å². The first kappa shape index (κ1) is 23.6. The molecule has 0 spiro atoms. The van der Waals surface area contributed by atoms with Crippen LogP contribution in [0.3, 0.4) is 0 Å². The monoisotopic (exact) mass is 398 g/mol. The van der Waals surface area contributed by atoms with Crippen molar-refractivity contribution in [3.8, 4) is 0 Å². The summed E-state index contributed by atoms with van der Waals surface area (Å²) in [7, 11) is 0. The third-order valence-corrected chi connectivity index (χ3v) is 6.21. The standard InChI is InChI=1S/C23H42O5/c1-16(2)8-5-9-17(3)10-6-11-18(4)12-7-13-21(25)28-20-15-27-22-19(24)14-26-23(20)22/h16-20,22-24H,5-15H2,1-4H3/t17?,18?,19-,20+,22-,23-/m1/s1. The molecule has 2 aliphatic rings. The van der Waals surface area contributed by atoms with Crippen molar-refractivity contribution in [3.05, 3.63) is 0 Å². The Balaban J connectivity index is 1.49. The number of carbonyl (C=O) groups is 1. The lowest BCUT2D eigenvalue weighted by Crippen LogP contribution is -2.34. The van der Waals surface area contributed by atoms with E-state index < -0.39 is 6.10 Å². The lowest BCUT2D eigenvalue weighted by atomic mass is 9.92. The van der Waals surface area contributed by atoms with Crippen LogP contribution in [0.25, 0.3) is 0 Å². The minimum absolute atomic E-state index is 0.176. The third kappa shape index (κ3) is 8.00. The summed E-state index contributed by atoms with van der Waals surface area (Å²) in [4.78, 5) is 12.1. The van der Waals surface area contributed by atoms with E-state index in [9.17, 15) is 9.90 Å². The van der Waals surface area contributed by atoms with Crippen molar-refractivity contribution < 1.29 is 24.1 Å². The first-order chi connectivity index (χ1) is 13.4. The normalized spacial score (nSPS) is 29.1. The number of ether oxygens (including phenoxy) is 3. The lowest BCUT2D eigenvalue weighted by molar-refractivity contribution is -0.153. The van der Waals surface area contributed by atoms with Gasteiger partial charge in [0.25, 0.3) is 0 Å². The summed E-state index contributed by atoms with van der Waals surface area (Å²) in [6.45, 7) is 9.85. The third-order valence-electron chi connectivity index (χ3n) is 6.21. The second-order valence-corrected chi connectivity index (χ2v) is 9.55. The molecule has 28 heavy (non-hydrogen) atoms. The van der Waals surface area contributed by atoms with Crippen molar-refractivity contribution in [1.29, 1.82) is 0 Å². The molecule has 0 amide bonds. The highest BCUT2D eigenvalue weighted by Crippen LogP contribution is 2.29. The Bertz CT molecular complexity index is 452. The van der Waals surface area contributed by atoms with Crippen molar-refractivity contribution >= 4 is 5.97 Å². The van der Waals surface area contributed by atoms with Crippen molar-refractivity contribution in [2.75, 3.05) is 13.2 Å². The van der Waals surface area contributed by atoms with Crippen molar-refractivity contribution in [3.63, 3.8) is 0 Å². The molecule has 164 valence electrons. The molecule has 6 atom stereocenters. The van der Waals surface area contributed by atoms with Gasteiger partial charge in [0.1, 0.15) is 18.3 Å². The van der Waals surface area contributed by atoms with Crippen LogP contribution in [0.5, 0.6) is 0 Å². The zero-order valence-electron chi connectivity index (χ0n) is 18.4. The second-order valence-electron chi connectivity index (χ2n) is 9.55. The molecule has 2 aliphatic heterocycles.